The predicted octanol–water partition coefficient (Wildman–Crippen LogP) is 2.78. The first-order valence-electron chi connectivity index (χ1n) is 5.96. The minimum absolute atomic E-state index is 0.150. The Kier molecular flexibility index (Phi) is 3.87. The number of aromatic carboxylic acids is 1. The molecular formula is C15H13N3O2. The third-order valence-electron chi connectivity index (χ3n) is 2.81. The van der Waals surface area contributed by atoms with Crippen LogP contribution >= 0.6 is 0 Å². The maximum absolute atomic E-state index is 10.8. The van der Waals surface area contributed by atoms with Gasteiger partial charge in [0.15, 0.2) is 0 Å². The number of nitrogens with one attached hydrogen (secondary N) is 1. The van der Waals surface area contributed by atoms with Crippen LogP contribution in [0.3, 0.4) is 0 Å². The van der Waals surface area contributed by atoms with Crippen LogP contribution in [0.15, 0.2) is 42.5 Å². The quantitative estimate of drug-likeness (QED) is 0.740. The number of nitrogens with zero attached hydrogens (tertiary/aromatic N) is 1. The Hall–Kier alpha value is -3.00. The largest absolute Gasteiger partial charge is 0.478 e. The molecule has 0 radical (unpaired) electrons. The van der Waals surface area contributed by atoms with Crippen LogP contribution in [0.1, 0.15) is 15.9 Å². The van der Waals surface area contributed by atoms with Gasteiger partial charge < -0.3 is 16.2 Å². The monoisotopic (exact) mass is 267 g/mol. The van der Waals surface area contributed by atoms with Gasteiger partial charge >= 0.3 is 5.97 Å². The summed E-state index contributed by atoms with van der Waals surface area (Å²) >= 11 is 0. The molecule has 0 aromatic heterocycles. The Morgan fingerprint density at radius 2 is 1.95 bits per heavy atom. The van der Waals surface area contributed by atoms with Gasteiger partial charge in [0, 0.05) is 5.69 Å². The van der Waals surface area contributed by atoms with Crippen LogP contribution in [-0.2, 0) is 6.42 Å². The van der Waals surface area contributed by atoms with Crippen molar-refractivity contribution in [2.24, 2.45) is 0 Å². The van der Waals surface area contributed by atoms with Crippen LogP contribution in [0.4, 0.5) is 17.1 Å². The van der Waals surface area contributed by atoms with Gasteiger partial charge in [0.2, 0.25) is 0 Å². The number of carboxylic acids is 1. The molecule has 0 amide bonds. The fourth-order valence-electron chi connectivity index (χ4n) is 1.76. The molecule has 20 heavy (non-hydrogen) atoms. The summed E-state index contributed by atoms with van der Waals surface area (Å²) in [6.07, 6.45) is 0.371. The van der Waals surface area contributed by atoms with Gasteiger partial charge in [-0.3, -0.25) is 0 Å². The second-order valence-electron chi connectivity index (χ2n) is 4.26. The molecule has 0 fully saturated rings. The van der Waals surface area contributed by atoms with E-state index in [4.69, 9.17) is 16.1 Å². The summed E-state index contributed by atoms with van der Waals surface area (Å²) in [4.78, 5) is 10.8. The molecule has 5 heteroatoms. The SMILES string of the molecule is N#CCc1ccc(Nc2ccc(C(=O)O)cc2N)cc1. The van der Waals surface area contributed by atoms with E-state index in [1.165, 1.54) is 12.1 Å². The molecule has 0 aliphatic rings. The fourth-order valence-corrected chi connectivity index (χ4v) is 1.76. The molecule has 2 rings (SSSR count). The molecule has 0 spiro atoms. The number of nitrogen functional groups attached to an aromatic ring is 1. The van der Waals surface area contributed by atoms with E-state index in [9.17, 15) is 4.79 Å². The number of carbonyl (C=O) groups is 1. The van der Waals surface area contributed by atoms with Crippen molar-refractivity contribution in [1.29, 1.82) is 5.26 Å². The number of nitrogens with two attached hydrogens (primary N) is 1. The third kappa shape index (κ3) is 3.06. The summed E-state index contributed by atoms with van der Waals surface area (Å²) in [5.74, 6) is -1.01. The Balaban J connectivity index is 2.17. The summed E-state index contributed by atoms with van der Waals surface area (Å²) in [7, 11) is 0. The fraction of sp³-hybridized carbons (Fsp3) is 0.0667. The zero-order valence-electron chi connectivity index (χ0n) is 10.6. The molecule has 0 atom stereocenters. The molecule has 0 heterocycles. The van der Waals surface area contributed by atoms with E-state index in [1.54, 1.807) is 6.07 Å². The first-order chi connectivity index (χ1) is 9.60. The highest BCUT2D eigenvalue weighted by Crippen LogP contribution is 2.24. The summed E-state index contributed by atoms with van der Waals surface area (Å²) in [6, 6.07) is 14.0. The average Bonchev–Trinajstić information content (AvgIpc) is 2.43. The molecule has 0 unspecified atom stereocenters. The van der Waals surface area contributed by atoms with Crippen molar-refractivity contribution in [3.8, 4) is 6.07 Å². The minimum Gasteiger partial charge on any atom is -0.478 e. The van der Waals surface area contributed by atoms with Crippen LogP contribution in [0.5, 0.6) is 0 Å². The maximum Gasteiger partial charge on any atom is 0.335 e. The summed E-state index contributed by atoms with van der Waals surface area (Å²) in [5.41, 5.74) is 8.73. The summed E-state index contributed by atoms with van der Waals surface area (Å²) in [6.45, 7) is 0. The molecule has 0 saturated carbocycles. The van der Waals surface area contributed by atoms with Crippen molar-refractivity contribution in [2.75, 3.05) is 11.1 Å². The Morgan fingerprint density at radius 1 is 1.25 bits per heavy atom. The normalized spacial score (nSPS) is 9.75. The predicted molar refractivity (Wildman–Crippen MR) is 76.9 cm³/mol. The van der Waals surface area contributed by atoms with Gasteiger partial charge in [-0.15, -0.1) is 0 Å². The minimum atomic E-state index is -1.01. The van der Waals surface area contributed by atoms with Crippen LogP contribution < -0.4 is 11.1 Å². The van der Waals surface area contributed by atoms with Gasteiger partial charge in [0.25, 0.3) is 0 Å². The highest BCUT2D eigenvalue weighted by molar-refractivity contribution is 5.90. The number of carboxylic acid groups (broad SMARTS) is 1. The Bertz CT molecular complexity index is 673. The highest BCUT2D eigenvalue weighted by Gasteiger charge is 2.06. The van der Waals surface area contributed by atoms with Crippen molar-refractivity contribution >= 4 is 23.0 Å². The Morgan fingerprint density at radius 3 is 2.50 bits per heavy atom. The van der Waals surface area contributed by atoms with E-state index in [0.29, 0.717) is 17.8 Å². The lowest BCUT2D eigenvalue weighted by Gasteiger charge is -2.10. The molecule has 2 aromatic rings. The zero-order valence-corrected chi connectivity index (χ0v) is 10.6. The van der Waals surface area contributed by atoms with Crippen molar-refractivity contribution in [1.82, 2.24) is 0 Å². The molecule has 0 aliphatic carbocycles. The van der Waals surface area contributed by atoms with Crippen molar-refractivity contribution < 1.29 is 9.90 Å². The maximum atomic E-state index is 10.8. The smallest absolute Gasteiger partial charge is 0.335 e. The van der Waals surface area contributed by atoms with Crippen LogP contribution in [0, 0.1) is 11.3 Å². The molecular weight excluding hydrogens is 254 g/mol. The number of nitriles is 1. The van der Waals surface area contributed by atoms with Gasteiger partial charge in [-0.25, -0.2) is 4.79 Å². The summed E-state index contributed by atoms with van der Waals surface area (Å²) in [5, 5.41) is 20.6. The number of benzene rings is 2. The van der Waals surface area contributed by atoms with E-state index in [1.807, 2.05) is 24.3 Å². The lowest BCUT2D eigenvalue weighted by Crippen LogP contribution is -2.01. The standard InChI is InChI=1S/C15H13N3O2/c16-8-7-10-1-4-12(5-2-10)18-14-6-3-11(15(19)20)9-13(14)17/h1-6,9,18H,7,17H2,(H,19,20). The number of rotatable bonds is 4. The second kappa shape index (κ2) is 5.76. The Labute approximate surface area is 116 Å². The topological polar surface area (TPSA) is 99.1 Å². The number of hydrogen-bond acceptors (Lipinski definition) is 4. The summed E-state index contributed by atoms with van der Waals surface area (Å²) < 4.78 is 0. The first kappa shape index (κ1) is 13.4. The van der Waals surface area contributed by atoms with Crippen molar-refractivity contribution in [2.45, 2.75) is 6.42 Å². The van der Waals surface area contributed by atoms with Crippen LogP contribution in [0.2, 0.25) is 0 Å². The van der Waals surface area contributed by atoms with Crippen molar-refractivity contribution in [3.63, 3.8) is 0 Å². The lowest BCUT2D eigenvalue weighted by molar-refractivity contribution is 0.0697. The van der Waals surface area contributed by atoms with Gasteiger partial charge in [0.05, 0.1) is 29.4 Å². The van der Waals surface area contributed by atoms with E-state index in [0.717, 1.165) is 11.3 Å². The van der Waals surface area contributed by atoms with Gasteiger partial charge in [-0.1, -0.05) is 12.1 Å². The molecule has 0 bridgehead atoms. The molecule has 100 valence electrons. The van der Waals surface area contributed by atoms with E-state index in [-0.39, 0.29) is 5.56 Å². The number of anilines is 3. The van der Waals surface area contributed by atoms with Crippen LogP contribution in [0.25, 0.3) is 0 Å². The first-order valence-corrected chi connectivity index (χ1v) is 5.96. The van der Waals surface area contributed by atoms with Gasteiger partial charge in [-0.05, 0) is 35.9 Å². The molecule has 4 N–H and O–H groups in total. The van der Waals surface area contributed by atoms with E-state index >= 15 is 0 Å². The highest BCUT2D eigenvalue weighted by atomic mass is 16.4. The van der Waals surface area contributed by atoms with E-state index < -0.39 is 5.97 Å². The molecule has 0 aliphatic heterocycles. The average molecular weight is 267 g/mol. The zero-order chi connectivity index (χ0) is 14.5. The van der Waals surface area contributed by atoms with Crippen molar-refractivity contribution in [3.05, 3.63) is 53.6 Å². The van der Waals surface area contributed by atoms with Crippen LogP contribution in [-0.4, -0.2) is 11.1 Å². The molecule has 0 saturated heterocycles. The van der Waals surface area contributed by atoms with Gasteiger partial charge in [0.1, 0.15) is 0 Å². The van der Waals surface area contributed by atoms with E-state index in [2.05, 4.69) is 11.4 Å². The van der Waals surface area contributed by atoms with Gasteiger partial charge in [-0.2, -0.15) is 5.26 Å². The third-order valence-corrected chi connectivity index (χ3v) is 2.81. The second-order valence-corrected chi connectivity index (χ2v) is 4.26. The molecule has 5 nitrogen and oxygen atoms in total. The number of hydrogen-bond donors (Lipinski definition) is 3. The molecule has 2 aromatic carbocycles. The lowest BCUT2D eigenvalue weighted by atomic mass is 10.1.